The van der Waals surface area contributed by atoms with Gasteiger partial charge in [-0.2, -0.15) is 0 Å². The molecule has 0 aliphatic heterocycles. The number of nitrogens with one attached hydrogen (secondary N) is 1. The third-order valence-corrected chi connectivity index (χ3v) is 3.50. The van der Waals surface area contributed by atoms with E-state index in [9.17, 15) is 14.3 Å². The van der Waals surface area contributed by atoms with Crippen LogP contribution in [0.1, 0.15) is 22.0 Å². The molecule has 2 N–H and O–H groups in total. The monoisotopic (exact) mass is 327 g/mol. The molecule has 2 aromatic carbocycles. The van der Waals surface area contributed by atoms with Crippen LogP contribution >= 0.6 is 23.2 Å². The van der Waals surface area contributed by atoms with Crippen molar-refractivity contribution in [2.45, 2.75) is 6.10 Å². The zero-order chi connectivity index (χ0) is 15.4. The Bertz CT molecular complexity index is 650. The Kier molecular flexibility index (Phi) is 5.17. The third kappa shape index (κ3) is 3.94. The van der Waals surface area contributed by atoms with Gasteiger partial charge in [-0.05, 0) is 17.7 Å². The second-order valence-electron chi connectivity index (χ2n) is 4.38. The van der Waals surface area contributed by atoms with Crippen LogP contribution in [-0.2, 0) is 0 Å². The van der Waals surface area contributed by atoms with E-state index in [1.807, 2.05) is 6.07 Å². The molecule has 0 fully saturated rings. The van der Waals surface area contributed by atoms with Gasteiger partial charge >= 0.3 is 0 Å². The lowest BCUT2D eigenvalue weighted by molar-refractivity contribution is 0.0916. The molecule has 0 spiro atoms. The largest absolute Gasteiger partial charge is 0.387 e. The van der Waals surface area contributed by atoms with Gasteiger partial charge < -0.3 is 10.4 Å². The molecule has 0 saturated carbocycles. The quantitative estimate of drug-likeness (QED) is 0.843. The summed E-state index contributed by atoms with van der Waals surface area (Å²) in [5.41, 5.74) is 0.644. The average Bonchev–Trinajstić information content (AvgIpc) is 2.49. The smallest absolute Gasteiger partial charge is 0.253 e. The van der Waals surface area contributed by atoms with Crippen LogP contribution in [-0.4, -0.2) is 17.6 Å². The van der Waals surface area contributed by atoms with E-state index in [1.165, 1.54) is 6.07 Å². The van der Waals surface area contributed by atoms with Gasteiger partial charge in [0.1, 0.15) is 5.82 Å². The van der Waals surface area contributed by atoms with Gasteiger partial charge in [0.05, 0.1) is 21.7 Å². The van der Waals surface area contributed by atoms with Crippen LogP contribution in [0.4, 0.5) is 4.39 Å². The topological polar surface area (TPSA) is 49.3 Å². The van der Waals surface area contributed by atoms with Gasteiger partial charge in [-0.25, -0.2) is 4.39 Å². The second-order valence-corrected chi connectivity index (χ2v) is 5.20. The fourth-order valence-corrected chi connectivity index (χ4v) is 2.24. The van der Waals surface area contributed by atoms with Crippen molar-refractivity contribution in [2.75, 3.05) is 6.54 Å². The van der Waals surface area contributed by atoms with Crippen LogP contribution < -0.4 is 5.32 Å². The van der Waals surface area contributed by atoms with Crippen LogP contribution in [0.5, 0.6) is 0 Å². The van der Waals surface area contributed by atoms with E-state index < -0.39 is 17.8 Å². The number of carbonyl (C=O) groups is 1. The molecule has 21 heavy (non-hydrogen) atoms. The molecule has 1 unspecified atom stereocenters. The number of hydrogen-bond donors (Lipinski definition) is 2. The maximum absolute atomic E-state index is 13.4. The standard InChI is InChI=1S/C15H12Cl2FNO2/c16-11-7-12(17)13(18)6-10(11)15(21)19-8-14(20)9-4-2-1-3-5-9/h1-7,14,20H,8H2,(H,19,21). The van der Waals surface area contributed by atoms with Crippen molar-refractivity contribution in [2.24, 2.45) is 0 Å². The summed E-state index contributed by atoms with van der Waals surface area (Å²) in [4.78, 5) is 11.9. The minimum Gasteiger partial charge on any atom is -0.387 e. The van der Waals surface area contributed by atoms with E-state index >= 15 is 0 Å². The molecule has 2 aromatic rings. The maximum atomic E-state index is 13.4. The lowest BCUT2D eigenvalue weighted by Crippen LogP contribution is -2.28. The van der Waals surface area contributed by atoms with Crippen molar-refractivity contribution in [3.63, 3.8) is 0 Å². The number of aliphatic hydroxyl groups is 1. The van der Waals surface area contributed by atoms with Gasteiger partial charge in [0.2, 0.25) is 0 Å². The molecule has 0 bridgehead atoms. The number of rotatable bonds is 4. The van der Waals surface area contributed by atoms with Crippen molar-refractivity contribution < 1.29 is 14.3 Å². The summed E-state index contributed by atoms with van der Waals surface area (Å²) >= 11 is 11.4. The molecule has 110 valence electrons. The summed E-state index contributed by atoms with van der Waals surface area (Å²) in [6.07, 6.45) is -0.855. The van der Waals surface area contributed by atoms with Crippen molar-refractivity contribution in [1.29, 1.82) is 0 Å². The van der Waals surface area contributed by atoms with Gasteiger partial charge in [0.25, 0.3) is 5.91 Å². The Morgan fingerprint density at radius 3 is 2.52 bits per heavy atom. The van der Waals surface area contributed by atoms with Gasteiger partial charge in [-0.15, -0.1) is 0 Å². The Morgan fingerprint density at radius 2 is 1.86 bits per heavy atom. The molecule has 3 nitrogen and oxygen atoms in total. The first-order chi connectivity index (χ1) is 9.99. The fraction of sp³-hybridized carbons (Fsp3) is 0.133. The first kappa shape index (κ1) is 15.8. The number of aliphatic hydroxyl groups excluding tert-OH is 1. The van der Waals surface area contributed by atoms with Gasteiger partial charge in [-0.3, -0.25) is 4.79 Å². The molecule has 1 atom stereocenters. The van der Waals surface area contributed by atoms with E-state index in [0.29, 0.717) is 5.56 Å². The Labute approximate surface area is 131 Å². The Hall–Kier alpha value is -1.62. The number of benzene rings is 2. The van der Waals surface area contributed by atoms with Crippen LogP contribution in [0.3, 0.4) is 0 Å². The number of hydrogen-bond acceptors (Lipinski definition) is 2. The molecule has 1 amide bonds. The summed E-state index contributed by atoms with van der Waals surface area (Å²) in [5, 5.41) is 12.3. The van der Waals surface area contributed by atoms with Crippen LogP contribution in [0.15, 0.2) is 42.5 Å². The van der Waals surface area contributed by atoms with Crippen LogP contribution in [0.2, 0.25) is 10.0 Å². The number of carbonyl (C=O) groups excluding carboxylic acids is 1. The zero-order valence-electron chi connectivity index (χ0n) is 10.8. The van der Waals surface area contributed by atoms with Crippen molar-refractivity contribution in [1.82, 2.24) is 5.32 Å². The van der Waals surface area contributed by atoms with Crippen LogP contribution in [0.25, 0.3) is 0 Å². The average molecular weight is 328 g/mol. The Balaban J connectivity index is 2.04. The van der Waals surface area contributed by atoms with Crippen molar-refractivity contribution >= 4 is 29.1 Å². The van der Waals surface area contributed by atoms with Crippen molar-refractivity contribution in [3.8, 4) is 0 Å². The zero-order valence-corrected chi connectivity index (χ0v) is 12.3. The Morgan fingerprint density at radius 1 is 1.19 bits per heavy atom. The predicted molar refractivity (Wildman–Crippen MR) is 80.2 cm³/mol. The highest BCUT2D eigenvalue weighted by Gasteiger charge is 2.15. The highest BCUT2D eigenvalue weighted by atomic mass is 35.5. The molecule has 6 heteroatoms. The van der Waals surface area contributed by atoms with E-state index in [4.69, 9.17) is 23.2 Å². The molecular weight excluding hydrogens is 316 g/mol. The van der Waals surface area contributed by atoms with Crippen molar-refractivity contribution in [3.05, 3.63) is 69.5 Å². The summed E-state index contributed by atoms with van der Waals surface area (Å²) in [6.45, 7) is -0.0105. The first-order valence-corrected chi connectivity index (χ1v) is 6.90. The number of amides is 1. The fourth-order valence-electron chi connectivity index (χ4n) is 1.77. The summed E-state index contributed by atoms with van der Waals surface area (Å²) in [6, 6.07) is 11.0. The van der Waals surface area contributed by atoms with E-state index in [1.54, 1.807) is 24.3 Å². The van der Waals surface area contributed by atoms with Gasteiger partial charge in [0.15, 0.2) is 0 Å². The van der Waals surface area contributed by atoms with E-state index in [-0.39, 0.29) is 22.2 Å². The normalized spacial score (nSPS) is 12.0. The minimum absolute atomic E-state index is 0.0105. The lowest BCUT2D eigenvalue weighted by Gasteiger charge is -2.13. The predicted octanol–water partition coefficient (Wildman–Crippen LogP) is 3.60. The third-order valence-electron chi connectivity index (χ3n) is 2.89. The lowest BCUT2D eigenvalue weighted by atomic mass is 10.1. The molecule has 0 radical (unpaired) electrons. The van der Waals surface area contributed by atoms with E-state index in [0.717, 1.165) is 6.07 Å². The highest BCUT2D eigenvalue weighted by molar-refractivity contribution is 6.36. The molecule has 2 rings (SSSR count). The van der Waals surface area contributed by atoms with E-state index in [2.05, 4.69) is 5.32 Å². The molecule has 0 aromatic heterocycles. The molecule has 0 saturated heterocycles. The summed E-state index contributed by atoms with van der Waals surface area (Å²) in [7, 11) is 0. The minimum atomic E-state index is -0.855. The molecule has 0 heterocycles. The second kappa shape index (κ2) is 6.89. The number of halogens is 3. The first-order valence-electron chi connectivity index (χ1n) is 6.15. The molecule has 0 aliphatic rings. The van der Waals surface area contributed by atoms with Crippen LogP contribution in [0, 0.1) is 5.82 Å². The van der Waals surface area contributed by atoms with Gasteiger partial charge in [-0.1, -0.05) is 53.5 Å². The molecule has 0 aliphatic carbocycles. The SMILES string of the molecule is O=C(NCC(O)c1ccccc1)c1cc(F)c(Cl)cc1Cl. The highest BCUT2D eigenvalue weighted by Crippen LogP contribution is 2.24. The summed E-state index contributed by atoms with van der Waals surface area (Å²) < 4.78 is 13.4. The summed E-state index contributed by atoms with van der Waals surface area (Å²) in [5.74, 6) is -1.31. The molecular formula is C15H12Cl2FNO2. The van der Waals surface area contributed by atoms with Gasteiger partial charge in [0, 0.05) is 6.54 Å². The maximum Gasteiger partial charge on any atom is 0.253 e.